The van der Waals surface area contributed by atoms with Crippen LogP contribution in [0.1, 0.15) is 5.69 Å². The summed E-state index contributed by atoms with van der Waals surface area (Å²) in [6, 6.07) is 0. The first-order valence-electron chi connectivity index (χ1n) is 4.72. The third-order valence-corrected chi connectivity index (χ3v) is 3.62. The van der Waals surface area contributed by atoms with Gasteiger partial charge in [-0.2, -0.15) is 0 Å². The highest BCUT2D eigenvalue weighted by Gasteiger charge is 2.15. The van der Waals surface area contributed by atoms with Crippen molar-refractivity contribution in [3.05, 3.63) is 15.6 Å². The van der Waals surface area contributed by atoms with Gasteiger partial charge in [-0.15, -0.1) is 12.4 Å². The molecular weight excluding hydrogens is 326 g/mol. The fraction of sp³-hybridized carbons (Fsp3) is 0.556. The number of hydrogen-bond donors (Lipinski definition) is 1. The van der Waals surface area contributed by atoms with Crippen molar-refractivity contribution in [3.63, 3.8) is 0 Å². The number of halogens is 2. The Hall–Kier alpha value is -0.140. The van der Waals surface area contributed by atoms with E-state index in [2.05, 4.69) is 42.8 Å². The van der Waals surface area contributed by atoms with E-state index in [-0.39, 0.29) is 12.4 Å². The second-order valence-corrected chi connectivity index (χ2v) is 4.41. The minimum atomic E-state index is 0. The van der Waals surface area contributed by atoms with Gasteiger partial charge >= 0.3 is 0 Å². The molecule has 0 atom stereocenters. The molecule has 1 aromatic heterocycles. The van der Waals surface area contributed by atoms with Gasteiger partial charge in [-0.25, -0.2) is 9.97 Å². The van der Waals surface area contributed by atoms with Crippen LogP contribution in [-0.4, -0.2) is 36.1 Å². The summed E-state index contributed by atoms with van der Waals surface area (Å²) in [4.78, 5) is 10.8. The van der Waals surface area contributed by atoms with Gasteiger partial charge in [-0.1, -0.05) is 0 Å². The maximum Gasteiger partial charge on any atom is 0.145 e. The lowest BCUT2D eigenvalue weighted by Crippen LogP contribution is -2.44. The van der Waals surface area contributed by atoms with Crippen LogP contribution in [0.4, 0.5) is 5.82 Å². The number of anilines is 1. The molecule has 0 radical (unpaired) electrons. The molecule has 1 aliphatic heterocycles. The van der Waals surface area contributed by atoms with Gasteiger partial charge in [-0.05, 0) is 29.5 Å². The van der Waals surface area contributed by atoms with Crippen LogP contribution in [-0.2, 0) is 0 Å². The van der Waals surface area contributed by atoms with Crippen molar-refractivity contribution in [1.29, 1.82) is 0 Å². The molecule has 2 rings (SSSR count). The lowest BCUT2D eigenvalue weighted by molar-refractivity contribution is 0.583. The number of aryl methyl sites for hydroxylation is 1. The Labute approximate surface area is 109 Å². The summed E-state index contributed by atoms with van der Waals surface area (Å²) in [5.41, 5.74) is 1.06. The molecule has 84 valence electrons. The average Bonchev–Trinajstić information content (AvgIpc) is 2.23. The maximum atomic E-state index is 4.34. The first-order chi connectivity index (χ1) is 6.79. The molecule has 1 saturated heterocycles. The lowest BCUT2D eigenvalue weighted by Gasteiger charge is -2.29. The zero-order chi connectivity index (χ0) is 9.97. The average molecular weight is 341 g/mol. The van der Waals surface area contributed by atoms with Crippen molar-refractivity contribution in [2.75, 3.05) is 31.1 Å². The van der Waals surface area contributed by atoms with Gasteiger partial charge in [-0.3, -0.25) is 0 Å². The number of hydrogen-bond acceptors (Lipinski definition) is 4. The topological polar surface area (TPSA) is 41.1 Å². The van der Waals surface area contributed by atoms with E-state index in [0.29, 0.717) is 0 Å². The van der Waals surface area contributed by atoms with E-state index in [9.17, 15) is 0 Å². The second-order valence-electron chi connectivity index (χ2n) is 3.33. The molecule has 0 aromatic carbocycles. The van der Waals surface area contributed by atoms with Crippen molar-refractivity contribution >= 4 is 40.8 Å². The standard InChI is InChI=1S/C9H13IN4.ClH/c1-7-8(10)9(13-6-12-7)14-4-2-11-3-5-14;/h6,11H,2-5H2,1H3;1H. The summed E-state index contributed by atoms with van der Waals surface area (Å²) in [7, 11) is 0. The summed E-state index contributed by atoms with van der Waals surface area (Å²) in [6.07, 6.45) is 1.65. The first kappa shape index (κ1) is 12.9. The van der Waals surface area contributed by atoms with Gasteiger partial charge in [0.1, 0.15) is 12.1 Å². The zero-order valence-electron chi connectivity index (χ0n) is 8.53. The van der Waals surface area contributed by atoms with Crippen molar-refractivity contribution in [2.24, 2.45) is 0 Å². The van der Waals surface area contributed by atoms with E-state index in [0.717, 1.165) is 37.7 Å². The molecule has 6 heteroatoms. The van der Waals surface area contributed by atoms with E-state index in [1.165, 1.54) is 3.57 Å². The second kappa shape index (κ2) is 5.81. The SMILES string of the molecule is Cc1ncnc(N2CCNCC2)c1I.Cl. The molecule has 0 amide bonds. The van der Waals surface area contributed by atoms with E-state index in [1.54, 1.807) is 6.33 Å². The number of rotatable bonds is 1. The fourth-order valence-corrected chi connectivity index (χ4v) is 2.16. The smallest absolute Gasteiger partial charge is 0.145 e. The number of nitrogens with zero attached hydrogens (tertiary/aromatic N) is 3. The molecule has 2 heterocycles. The molecule has 1 N–H and O–H groups in total. The van der Waals surface area contributed by atoms with Crippen LogP contribution >= 0.6 is 35.0 Å². The molecule has 0 saturated carbocycles. The Morgan fingerprint density at radius 2 is 2.00 bits per heavy atom. The molecule has 4 nitrogen and oxygen atoms in total. The van der Waals surface area contributed by atoms with Gasteiger partial charge in [0.05, 0.1) is 9.26 Å². The molecule has 15 heavy (non-hydrogen) atoms. The summed E-state index contributed by atoms with van der Waals surface area (Å²) >= 11 is 2.32. The Morgan fingerprint density at radius 3 is 2.67 bits per heavy atom. The molecule has 0 aliphatic carbocycles. The summed E-state index contributed by atoms with van der Waals surface area (Å²) in [5.74, 6) is 1.08. The van der Waals surface area contributed by atoms with Crippen molar-refractivity contribution < 1.29 is 0 Å². The van der Waals surface area contributed by atoms with Crippen molar-refractivity contribution in [1.82, 2.24) is 15.3 Å². The fourth-order valence-electron chi connectivity index (χ4n) is 1.54. The lowest BCUT2D eigenvalue weighted by atomic mass is 10.3. The normalized spacial score (nSPS) is 16.0. The van der Waals surface area contributed by atoms with Crippen molar-refractivity contribution in [3.8, 4) is 0 Å². The van der Waals surface area contributed by atoms with Crippen LogP contribution in [0.5, 0.6) is 0 Å². The third-order valence-electron chi connectivity index (χ3n) is 2.36. The molecule has 1 aromatic rings. The highest BCUT2D eigenvalue weighted by molar-refractivity contribution is 14.1. The summed E-state index contributed by atoms with van der Waals surface area (Å²) in [5, 5.41) is 3.33. The molecule has 1 aliphatic rings. The zero-order valence-corrected chi connectivity index (χ0v) is 11.5. The summed E-state index contributed by atoms with van der Waals surface area (Å²) in [6.45, 7) is 6.17. The maximum absolute atomic E-state index is 4.34. The molecule has 0 spiro atoms. The first-order valence-corrected chi connectivity index (χ1v) is 5.79. The molecule has 1 fully saturated rings. The van der Waals surface area contributed by atoms with Crippen LogP contribution < -0.4 is 10.2 Å². The van der Waals surface area contributed by atoms with Gasteiger partial charge in [0.15, 0.2) is 0 Å². The highest BCUT2D eigenvalue weighted by atomic mass is 127. The van der Waals surface area contributed by atoms with E-state index in [4.69, 9.17) is 0 Å². The van der Waals surface area contributed by atoms with Gasteiger partial charge in [0, 0.05) is 26.2 Å². The van der Waals surface area contributed by atoms with E-state index < -0.39 is 0 Å². The minimum absolute atomic E-state index is 0. The van der Waals surface area contributed by atoms with Gasteiger partial charge < -0.3 is 10.2 Å². The minimum Gasteiger partial charge on any atom is -0.353 e. The Kier molecular flexibility index (Phi) is 5.01. The molecule has 0 unspecified atom stereocenters. The molecule has 0 bridgehead atoms. The largest absolute Gasteiger partial charge is 0.353 e. The van der Waals surface area contributed by atoms with Gasteiger partial charge in [0.25, 0.3) is 0 Å². The van der Waals surface area contributed by atoms with Gasteiger partial charge in [0.2, 0.25) is 0 Å². The van der Waals surface area contributed by atoms with E-state index in [1.807, 2.05) is 6.92 Å². The van der Waals surface area contributed by atoms with Crippen LogP contribution in [0.15, 0.2) is 6.33 Å². The molecular formula is C9H14ClIN4. The van der Waals surface area contributed by atoms with Crippen LogP contribution in [0, 0.1) is 10.5 Å². The predicted molar refractivity (Wildman–Crippen MR) is 71.8 cm³/mol. The number of nitrogens with one attached hydrogen (secondary N) is 1. The number of aromatic nitrogens is 2. The highest BCUT2D eigenvalue weighted by Crippen LogP contribution is 2.21. The third kappa shape index (κ3) is 2.92. The predicted octanol–water partition coefficient (Wildman–Crippen LogP) is 1.22. The van der Waals surface area contributed by atoms with Crippen molar-refractivity contribution in [2.45, 2.75) is 6.92 Å². The summed E-state index contributed by atoms with van der Waals surface area (Å²) < 4.78 is 1.17. The Bertz CT molecular complexity index is 328. The Morgan fingerprint density at radius 1 is 1.33 bits per heavy atom. The monoisotopic (exact) mass is 340 g/mol. The quantitative estimate of drug-likeness (QED) is 0.781. The van der Waals surface area contributed by atoms with Crippen LogP contribution in [0.25, 0.3) is 0 Å². The van der Waals surface area contributed by atoms with E-state index >= 15 is 0 Å². The van der Waals surface area contributed by atoms with Crippen LogP contribution in [0.2, 0.25) is 0 Å². The van der Waals surface area contributed by atoms with Crippen LogP contribution in [0.3, 0.4) is 0 Å². The number of piperazine rings is 1. The Balaban J connectivity index is 0.00000112.